The number of carbonyl (C=O) groups is 1. The minimum atomic E-state index is 0.247. The Labute approximate surface area is 90.8 Å². The van der Waals surface area contributed by atoms with Crippen LogP contribution < -0.4 is 0 Å². The number of Topliss-reactive ketones (excluding diaryl/α,β-unsaturated/α-hetero) is 1. The number of rotatable bonds is 3. The fraction of sp³-hybridized carbons (Fsp3) is 0.357. The minimum Gasteiger partial charge on any atom is -0.289 e. The van der Waals surface area contributed by atoms with E-state index in [1.165, 1.54) is 5.57 Å². The van der Waals surface area contributed by atoms with Gasteiger partial charge in [-0.3, -0.25) is 4.79 Å². The summed E-state index contributed by atoms with van der Waals surface area (Å²) < 4.78 is 0. The van der Waals surface area contributed by atoms with E-state index in [2.05, 4.69) is 13.8 Å². The predicted octanol–water partition coefficient (Wildman–Crippen LogP) is 3.85. The Kier molecular flexibility index (Phi) is 2.72. The number of allylic oxidation sites excluding steroid dienone is 2. The highest BCUT2D eigenvalue weighted by Gasteiger charge is 2.25. The molecular formula is C14H16O. The van der Waals surface area contributed by atoms with Crippen LogP contribution in [-0.4, -0.2) is 5.78 Å². The van der Waals surface area contributed by atoms with Crippen molar-refractivity contribution in [3.63, 3.8) is 0 Å². The molecule has 1 aromatic rings. The molecule has 15 heavy (non-hydrogen) atoms. The second kappa shape index (κ2) is 4.01. The summed E-state index contributed by atoms with van der Waals surface area (Å²) in [6.45, 7) is 4.22. The van der Waals surface area contributed by atoms with E-state index in [1.807, 2.05) is 24.3 Å². The van der Waals surface area contributed by atoms with E-state index in [4.69, 9.17) is 0 Å². The lowest BCUT2D eigenvalue weighted by Crippen LogP contribution is -1.98. The van der Waals surface area contributed by atoms with E-state index < -0.39 is 0 Å². The summed E-state index contributed by atoms with van der Waals surface area (Å²) in [5.41, 5.74) is 4.23. The van der Waals surface area contributed by atoms with E-state index >= 15 is 0 Å². The molecule has 0 atom stereocenters. The summed E-state index contributed by atoms with van der Waals surface area (Å²) >= 11 is 0. The third-order valence-corrected chi connectivity index (χ3v) is 3.08. The Balaban J connectivity index is 2.37. The van der Waals surface area contributed by atoms with Crippen molar-refractivity contribution in [2.24, 2.45) is 0 Å². The maximum Gasteiger partial charge on any atom is 0.189 e. The molecule has 1 nitrogen and oxygen atoms in total. The molecule has 1 aliphatic carbocycles. The lowest BCUT2D eigenvalue weighted by molar-refractivity contribution is 0.103. The molecule has 0 spiro atoms. The lowest BCUT2D eigenvalue weighted by atomic mass is 10.0. The molecule has 1 aromatic carbocycles. The third-order valence-electron chi connectivity index (χ3n) is 3.08. The van der Waals surface area contributed by atoms with Crippen LogP contribution in [0.25, 0.3) is 5.57 Å². The fourth-order valence-corrected chi connectivity index (χ4v) is 2.16. The van der Waals surface area contributed by atoms with Gasteiger partial charge >= 0.3 is 0 Å². The molecule has 0 saturated carbocycles. The molecular weight excluding hydrogens is 184 g/mol. The molecule has 0 radical (unpaired) electrons. The molecule has 1 aliphatic rings. The number of fused-ring (bicyclic) bond motifs is 1. The van der Waals surface area contributed by atoms with Crippen molar-refractivity contribution in [2.45, 2.75) is 33.1 Å². The van der Waals surface area contributed by atoms with Gasteiger partial charge in [-0.2, -0.15) is 0 Å². The Bertz CT molecular complexity index is 427. The first-order chi connectivity index (χ1) is 7.25. The summed E-state index contributed by atoms with van der Waals surface area (Å²) in [6.07, 6.45) is 3.17. The predicted molar refractivity (Wildman–Crippen MR) is 62.9 cm³/mol. The van der Waals surface area contributed by atoms with Crippen molar-refractivity contribution in [1.82, 2.24) is 0 Å². The molecule has 2 rings (SSSR count). The fourth-order valence-electron chi connectivity index (χ4n) is 2.16. The maximum atomic E-state index is 12.1. The monoisotopic (exact) mass is 200 g/mol. The van der Waals surface area contributed by atoms with Gasteiger partial charge in [0.2, 0.25) is 0 Å². The smallest absolute Gasteiger partial charge is 0.189 e. The van der Waals surface area contributed by atoms with Crippen molar-refractivity contribution in [2.75, 3.05) is 0 Å². The highest BCUT2D eigenvalue weighted by molar-refractivity contribution is 6.20. The second-order valence-corrected chi connectivity index (χ2v) is 4.08. The van der Waals surface area contributed by atoms with Crippen LogP contribution in [0.1, 0.15) is 49.0 Å². The van der Waals surface area contributed by atoms with Crippen LogP contribution >= 0.6 is 0 Å². The Morgan fingerprint density at radius 1 is 1.13 bits per heavy atom. The topological polar surface area (TPSA) is 17.1 Å². The van der Waals surface area contributed by atoms with Crippen LogP contribution in [0.4, 0.5) is 0 Å². The van der Waals surface area contributed by atoms with Gasteiger partial charge in [0.25, 0.3) is 0 Å². The van der Waals surface area contributed by atoms with Crippen LogP contribution in [0.2, 0.25) is 0 Å². The zero-order valence-electron chi connectivity index (χ0n) is 9.34. The molecule has 1 heteroatoms. The normalized spacial score (nSPS) is 14.7. The molecule has 0 aromatic heterocycles. The molecule has 0 saturated heterocycles. The third kappa shape index (κ3) is 1.63. The summed E-state index contributed by atoms with van der Waals surface area (Å²) in [6, 6.07) is 7.91. The highest BCUT2D eigenvalue weighted by Crippen LogP contribution is 2.34. The highest BCUT2D eigenvalue weighted by atomic mass is 16.1. The van der Waals surface area contributed by atoms with E-state index in [-0.39, 0.29) is 5.78 Å². The van der Waals surface area contributed by atoms with Gasteiger partial charge in [-0.15, -0.1) is 0 Å². The van der Waals surface area contributed by atoms with E-state index in [0.717, 1.165) is 36.0 Å². The van der Waals surface area contributed by atoms with Gasteiger partial charge in [-0.05, 0) is 30.9 Å². The zero-order valence-corrected chi connectivity index (χ0v) is 9.34. The van der Waals surface area contributed by atoms with Gasteiger partial charge in [0.15, 0.2) is 5.78 Å². The summed E-state index contributed by atoms with van der Waals surface area (Å²) in [5, 5.41) is 0. The zero-order chi connectivity index (χ0) is 10.8. The standard InChI is InChI=1S/C14H16O/c1-3-4-7-12-10(2)11-8-5-6-9-13(11)14(12)15/h5-6,8-9H,3-4,7H2,1-2H3. The first-order valence-electron chi connectivity index (χ1n) is 5.59. The Morgan fingerprint density at radius 3 is 2.40 bits per heavy atom. The Hall–Kier alpha value is -1.37. The number of unbranched alkanes of at least 4 members (excludes halogenated alkanes) is 1. The van der Waals surface area contributed by atoms with Gasteiger partial charge in [0.1, 0.15) is 0 Å². The van der Waals surface area contributed by atoms with Crippen molar-refractivity contribution in [3.8, 4) is 0 Å². The quantitative estimate of drug-likeness (QED) is 0.724. The molecule has 0 bridgehead atoms. The van der Waals surface area contributed by atoms with Crippen molar-refractivity contribution < 1.29 is 4.79 Å². The number of hydrogen-bond donors (Lipinski definition) is 0. The van der Waals surface area contributed by atoms with Gasteiger partial charge in [0.05, 0.1) is 0 Å². The molecule has 0 unspecified atom stereocenters. The van der Waals surface area contributed by atoms with Gasteiger partial charge in [0, 0.05) is 11.1 Å². The maximum absolute atomic E-state index is 12.1. The number of carbonyl (C=O) groups excluding carboxylic acids is 1. The van der Waals surface area contributed by atoms with E-state index in [9.17, 15) is 4.79 Å². The lowest BCUT2D eigenvalue weighted by Gasteiger charge is -2.00. The first kappa shape index (κ1) is 10.2. The van der Waals surface area contributed by atoms with Crippen LogP contribution in [0.3, 0.4) is 0 Å². The first-order valence-corrected chi connectivity index (χ1v) is 5.59. The number of ketones is 1. The molecule has 0 N–H and O–H groups in total. The van der Waals surface area contributed by atoms with Gasteiger partial charge < -0.3 is 0 Å². The molecule has 0 amide bonds. The van der Waals surface area contributed by atoms with E-state index in [1.54, 1.807) is 0 Å². The van der Waals surface area contributed by atoms with Gasteiger partial charge in [-0.1, -0.05) is 37.6 Å². The average molecular weight is 200 g/mol. The number of benzene rings is 1. The molecule has 78 valence electrons. The summed E-state index contributed by atoms with van der Waals surface area (Å²) in [4.78, 5) is 12.1. The van der Waals surface area contributed by atoms with Crippen molar-refractivity contribution in [1.29, 1.82) is 0 Å². The average Bonchev–Trinajstić information content (AvgIpc) is 2.51. The van der Waals surface area contributed by atoms with Gasteiger partial charge in [-0.25, -0.2) is 0 Å². The minimum absolute atomic E-state index is 0.247. The molecule has 0 heterocycles. The van der Waals surface area contributed by atoms with Crippen molar-refractivity contribution in [3.05, 3.63) is 41.0 Å². The largest absolute Gasteiger partial charge is 0.289 e. The summed E-state index contributed by atoms with van der Waals surface area (Å²) in [5.74, 6) is 0.247. The van der Waals surface area contributed by atoms with E-state index in [0.29, 0.717) is 0 Å². The van der Waals surface area contributed by atoms with Crippen LogP contribution in [0.5, 0.6) is 0 Å². The van der Waals surface area contributed by atoms with Crippen LogP contribution in [0, 0.1) is 0 Å². The molecule has 0 aliphatic heterocycles. The Morgan fingerprint density at radius 2 is 1.80 bits per heavy atom. The SMILES string of the molecule is CCCCC1=C(C)c2ccccc2C1=O. The summed E-state index contributed by atoms with van der Waals surface area (Å²) in [7, 11) is 0. The molecule has 0 fully saturated rings. The van der Waals surface area contributed by atoms with Crippen LogP contribution in [0.15, 0.2) is 29.8 Å². The van der Waals surface area contributed by atoms with Crippen LogP contribution in [-0.2, 0) is 0 Å². The van der Waals surface area contributed by atoms with Crippen molar-refractivity contribution >= 4 is 11.4 Å². The second-order valence-electron chi connectivity index (χ2n) is 4.08. The number of hydrogen-bond acceptors (Lipinski definition) is 1.